The number of nitrogens with zero attached hydrogens (tertiary/aromatic N) is 1. The number of hydrogen-bond acceptors (Lipinski definition) is 1. The molecule has 1 aromatic rings. The molecule has 2 unspecified atom stereocenters. The van der Waals surface area contributed by atoms with Crippen LogP contribution >= 0.6 is 0 Å². The highest BCUT2D eigenvalue weighted by molar-refractivity contribution is 5.25. The number of benzene rings is 1. The average molecular weight is 227 g/mol. The van der Waals surface area contributed by atoms with Gasteiger partial charge in [-0.25, -0.2) is 0 Å². The zero-order chi connectivity index (χ0) is 12.1. The molecule has 1 saturated carbocycles. The zero-order valence-corrected chi connectivity index (χ0v) is 10.7. The predicted molar refractivity (Wildman–Crippen MR) is 70.7 cm³/mol. The Kier molecular flexibility index (Phi) is 4.20. The topological polar surface area (TPSA) is 23.8 Å². The molecule has 0 aromatic heterocycles. The van der Waals surface area contributed by atoms with E-state index >= 15 is 0 Å². The fourth-order valence-electron chi connectivity index (χ4n) is 3.00. The minimum absolute atomic E-state index is 0.574. The molecule has 0 N–H and O–H groups in total. The smallest absolute Gasteiger partial charge is 0.0624 e. The fraction of sp³-hybridized carbons (Fsp3) is 0.562. The highest BCUT2D eigenvalue weighted by Crippen LogP contribution is 2.38. The first-order chi connectivity index (χ1) is 8.31. The second kappa shape index (κ2) is 5.87. The molecule has 1 fully saturated rings. The Labute approximate surface area is 104 Å². The normalized spacial score (nSPS) is 24.9. The van der Waals surface area contributed by atoms with Crippen LogP contribution in [0.3, 0.4) is 0 Å². The van der Waals surface area contributed by atoms with Crippen molar-refractivity contribution in [2.75, 3.05) is 0 Å². The summed E-state index contributed by atoms with van der Waals surface area (Å²) in [4.78, 5) is 0. The summed E-state index contributed by atoms with van der Waals surface area (Å²) in [5, 5.41) is 8.97. The summed E-state index contributed by atoms with van der Waals surface area (Å²) in [6.07, 6.45) is 7.17. The molecule has 0 saturated heterocycles. The molecule has 0 aliphatic heterocycles. The van der Waals surface area contributed by atoms with Gasteiger partial charge in [-0.05, 0) is 37.2 Å². The van der Waals surface area contributed by atoms with Crippen molar-refractivity contribution in [2.24, 2.45) is 5.92 Å². The molecular weight excluding hydrogens is 206 g/mol. The van der Waals surface area contributed by atoms with Gasteiger partial charge >= 0.3 is 0 Å². The second-order valence-corrected chi connectivity index (χ2v) is 5.28. The van der Waals surface area contributed by atoms with Crippen molar-refractivity contribution < 1.29 is 0 Å². The zero-order valence-electron chi connectivity index (χ0n) is 10.7. The standard InChI is InChI=1S/C16H21N/c1-13-7-9-15(10-8-13)16-6-4-2-3-5-14(16)11-12-17/h7-10,14,16H,2-6,11H2,1H3. The molecule has 0 radical (unpaired) electrons. The summed E-state index contributed by atoms with van der Waals surface area (Å²) in [6, 6.07) is 11.3. The van der Waals surface area contributed by atoms with Crippen LogP contribution in [-0.4, -0.2) is 0 Å². The third-order valence-electron chi connectivity index (χ3n) is 4.02. The van der Waals surface area contributed by atoms with Crippen molar-refractivity contribution in [1.82, 2.24) is 0 Å². The van der Waals surface area contributed by atoms with Gasteiger partial charge in [-0.2, -0.15) is 5.26 Å². The molecule has 2 atom stereocenters. The van der Waals surface area contributed by atoms with E-state index in [2.05, 4.69) is 37.3 Å². The van der Waals surface area contributed by atoms with Crippen molar-refractivity contribution in [2.45, 2.75) is 51.4 Å². The van der Waals surface area contributed by atoms with Crippen molar-refractivity contribution in [3.05, 3.63) is 35.4 Å². The van der Waals surface area contributed by atoms with Gasteiger partial charge in [-0.3, -0.25) is 0 Å². The lowest BCUT2D eigenvalue weighted by atomic mass is 9.81. The molecule has 90 valence electrons. The summed E-state index contributed by atoms with van der Waals surface area (Å²) in [7, 11) is 0. The monoisotopic (exact) mass is 227 g/mol. The molecule has 1 aliphatic carbocycles. The van der Waals surface area contributed by atoms with E-state index in [0.717, 1.165) is 6.42 Å². The van der Waals surface area contributed by atoms with Crippen LogP contribution in [0, 0.1) is 24.2 Å². The van der Waals surface area contributed by atoms with Gasteiger partial charge in [-0.1, -0.05) is 49.1 Å². The van der Waals surface area contributed by atoms with Crippen molar-refractivity contribution in [3.63, 3.8) is 0 Å². The van der Waals surface area contributed by atoms with Gasteiger partial charge in [0.05, 0.1) is 6.07 Å². The van der Waals surface area contributed by atoms with E-state index in [9.17, 15) is 0 Å². The molecule has 17 heavy (non-hydrogen) atoms. The summed E-state index contributed by atoms with van der Waals surface area (Å²) in [5.41, 5.74) is 2.76. The van der Waals surface area contributed by atoms with Gasteiger partial charge < -0.3 is 0 Å². The van der Waals surface area contributed by atoms with Crippen LogP contribution in [0.1, 0.15) is 55.6 Å². The lowest BCUT2D eigenvalue weighted by molar-refractivity contribution is 0.406. The van der Waals surface area contributed by atoms with E-state index in [4.69, 9.17) is 5.26 Å². The van der Waals surface area contributed by atoms with Gasteiger partial charge in [0.2, 0.25) is 0 Å². The maximum atomic E-state index is 8.97. The Morgan fingerprint density at radius 1 is 1.12 bits per heavy atom. The Hall–Kier alpha value is -1.29. The minimum Gasteiger partial charge on any atom is -0.198 e. The van der Waals surface area contributed by atoms with Crippen LogP contribution in [0.15, 0.2) is 24.3 Å². The third kappa shape index (κ3) is 3.09. The molecule has 0 bridgehead atoms. The summed E-state index contributed by atoms with van der Waals surface area (Å²) < 4.78 is 0. The lowest BCUT2D eigenvalue weighted by Gasteiger charge is -2.23. The second-order valence-electron chi connectivity index (χ2n) is 5.28. The highest BCUT2D eigenvalue weighted by Gasteiger charge is 2.24. The molecule has 1 nitrogen and oxygen atoms in total. The van der Waals surface area contributed by atoms with Crippen LogP contribution in [-0.2, 0) is 0 Å². The van der Waals surface area contributed by atoms with Gasteiger partial charge in [0.15, 0.2) is 0 Å². The quantitative estimate of drug-likeness (QED) is 0.679. The summed E-state index contributed by atoms with van der Waals surface area (Å²) in [5.74, 6) is 1.18. The van der Waals surface area contributed by atoms with Crippen LogP contribution in [0.2, 0.25) is 0 Å². The van der Waals surface area contributed by atoms with Crippen LogP contribution in [0.4, 0.5) is 0 Å². The van der Waals surface area contributed by atoms with E-state index in [1.165, 1.54) is 43.2 Å². The molecule has 0 heterocycles. The minimum atomic E-state index is 0.574. The van der Waals surface area contributed by atoms with Gasteiger partial charge in [0.25, 0.3) is 0 Å². The summed E-state index contributed by atoms with van der Waals surface area (Å²) in [6.45, 7) is 2.13. The molecule has 1 heteroatoms. The third-order valence-corrected chi connectivity index (χ3v) is 4.02. The number of hydrogen-bond donors (Lipinski definition) is 0. The van der Waals surface area contributed by atoms with Crippen molar-refractivity contribution in [1.29, 1.82) is 5.26 Å². The molecule has 1 aliphatic rings. The van der Waals surface area contributed by atoms with E-state index in [-0.39, 0.29) is 0 Å². The number of aryl methyl sites for hydroxylation is 1. The molecule has 0 amide bonds. The first-order valence-electron chi connectivity index (χ1n) is 6.75. The summed E-state index contributed by atoms with van der Waals surface area (Å²) >= 11 is 0. The maximum absolute atomic E-state index is 8.97. The Morgan fingerprint density at radius 2 is 1.82 bits per heavy atom. The van der Waals surface area contributed by atoms with Gasteiger partial charge in [0, 0.05) is 6.42 Å². The SMILES string of the molecule is Cc1ccc(C2CCCCCC2CC#N)cc1. The molecule has 0 spiro atoms. The lowest BCUT2D eigenvalue weighted by Crippen LogP contribution is -2.11. The van der Waals surface area contributed by atoms with E-state index in [0.29, 0.717) is 11.8 Å². The van der Waals surface area contributed by atoms with E-state index in [1.807, 2.05) is 0 Å². The highest BCUT2D eigenvalue weighted by atomic mass is 14.3. The Bertz CT molecular complexity index is 385. The average Bonchev–Trinajstić information content (AvgIpc) is 2.56. The first kappa shape index (κ1) is 12.2. The van der Waals surface area contributed by atoms with E-state index < -0.39 is 0 Å². The Balaban J connectivity index is 2.19. The van der Waals surface area contributed by atoms with Crippen molar-refractivity contribution >= 4 is 0 Å². The largest absolute Gasteiger partial charge is 0.198 e. The first-order valence-corrected chi connectivity index (χ1v) is 6.75. The molecular formula is C16H21N. The maximum Gasteiger partial charge on any atom is 0.0624 e. The molecule has 2 rings (SSSR count). The van der Waals surface area contributed by atoms with Gasteiger partial charge in [0.1, 0.15) is 0 Å². The fourth-order valence-corrected chi connectivity index (χ4v) is 3.00. The van der Waals surface area contributed by atoms with Crippen LogP contribution < -0.4 is 0 Å². The van der Waals surface area contributed by atoms with Crippen LogP contribution in [0.5, 0.6) is 0 Å². The molecule has 1 aromatic carbocycles. The number of nitriles is 1. The van der Waals surface area contributed by atoms with Gasteiger partial charge in [-0.15, -0.1) is 0 Å². The predicted octanol–water partition coefficient (Wildman–Crippen LogP) is 4.57. The van der Waals surface area contributed by atoms with Crippen LogP contribution in [0.25, 0.3) is 0 Å². The van der Waals surface area contributed by atoms with Crippen molar-refractivity contribution in [3.8, 4) is 6.07 Å². The Morgan fingerprint density at radius 3 is 2.53 bits per heavy atom. The number of rotatable bonds is 2. The van der Waals surface area contributed by atoms with E-state index in [1.54, 1.807) is 0 Å².